The van der Waals surface area contributed by atoms with Gasteiger partial charge in [-0.1, -0.05) is 62.8 Å². The molecule has 0 heterocycles. The molecule has 0 aromatic heterocycles. The molecule has 4 atom stereocenters. The molecule has 112 valence electrons. The molecule has 0 saturated heterocycles. The van der Waals surface area contributed by atoms with Crippen molar-refractivity contribution in [3.63, 3.8) is 0 Å². The van der Waals surface area contributed by atoms with Gasteiger partial charge in [0.2, 0.25) is 0 Å². The van der Waals surface area contributed by atoms with Crippen LogP contribution in [0.1, 0.15) is 55.7 Å². The third kappa shape index (κ3) is 2.29. The first-order chi connectivity index (χ1) is 10.1. The van der Waals surface area contributed by atoms with Crippen molar-refractivity contribution in [2.45, 2.75) is 52.9 Å². The Bertz CT molecular complexity index is 578. The number of allylic oxidation sites excluding steroid dienone is 4. The van der Waals surface area contributed by atoms with Gasteiger partial charge in [-0.2, -0.15) is 0 Å². The van der Waals surface area contributed by atoms with Crippen LogP contribution in [-0.4, -0.2) is 0 Å². The molecule has 0 radical (unpaired) electrons. The van der Waals surface area contributed by atoms with E-state index >= 15 is 0 Å². The van der Waals surface area contributed by atoms with E-state index < -0.39 is 0 Å². The number of rotatable bonds is 3. The van der Waals surface area contributed by atoms with Gasteiger partial charge in [-0.3, -0.25) is 0 Å². The van der Waals surface area contributed by atoms with Crippen molar-refractivity contribution in [3.05, 3.63) is 59.2 Å². The average Bonchev–Trinajstić information content (AvgIpc) is 2.76. The topological polar surface area (TPSA) is 0 Å². The second-order valence-corrected chi connectivity index (χ2v) is 7.24. The second kappa shape index (κ2) is 5.48. The molecule has 2 aliphatic carbocycles. The molecule has 0 nitrogen and oxygen atoms in total. The molecule has 4 unspecified atom stereocenters. The molecule has 0 aliphatic heterocycles. The van der Waals surface area contributed by atoms with Gasteiger partial charge in [0.25, 0.3) is 0 Å². The Morgan fingerprint density at radius 1 is 1.19 bits per heavy atom. The summed E-state index contributed by atoms with van der Waals surface area (Å²) < 4.78 is 0. The van der Waals surface area contributed by atoms with Crippen LogP contribution in [0.3, 0.4) is 0 Å². The molecule has 1 saturated carbocycles. The molecule has 0 spiro atoms. The van der Waals surface area contributed by atoms with E-state index in [0.717, 1.165) is 5.92 Å². The molecule has 0 amide bonds. The van der Waals surface area contributed by atoms with Crippen LogP contribution in [0, 0.1) is 31.1 Å². The highest BCUT2D eigenvalue weighted by Gasteiger charge is 2.49. The highest BCUT2D eigenvalue weighted by molar-refractivity contribution is 5.39. The van der Waals surface area contributed by atoms with Gasteiger partial charge >= 0.3 is 0 Å². The lowest BCUT2D eigenvalue weighted by Crippen LogP contribution is -2.28. The van der Waals surface area contributed by atoms with E-state index in [1.54, 1.807) is 5.56 Å². The Morgan fingerprint density at radius 3 is 2.76 bits per heavy atom. The van der Waals surface area contributed by atoms with Crippen LogP contribution in [0.15, 0.2) is 42.5 Å². The molecule has 21 heavy (non-hydrogen) atoms. The summed E-state index contributed by atoms with van der Waals surface area (Å²) in [6.07, 6.45) is 13.4. The van der Waals surface area contributed by atoms with Crippen LogP contribution in [-0.2, 0) is 0 Å². The molecule has 3 rings (SSSR count). The molecule has 2 aliphatic rings. The van der Waals surface area contributed by atoms with E-state index in [-0.39, 0.29) is 0 Å². The van der Waals surface area contributed by atoms with E-state index in [9.17, 15) is 0 Å². The van der Waals surface area contributed by atoms with E-state index in [0.29, 0.717) is 17.3 Å². The lowest BCUT2D eigenvalue weighted by atomic mass is 9.68. The van der Waals surface area contributed by atoms with Gasteiger partial charge in [-0.15, -0.1) is 0 Å². The van der Waals surface area contributed by atoms with Gasteiger partial charge < -0.3 is 0 Å². The quantitative estimate of drug-likeness (QED) is 0.641. The summed E-state index contributed by atoms with van der Waals surface area (Å²) >= 11 is 0. The zero-order valence-corrected chi connectivity index (χ0v) is 13.9. The minimum atomic E-state index is 0.353. The molecule has 1 fully saturated rings. The first kappa shape index (κ1) is 14.6. The summed E-state index contributed by atoms with van der Waals surface area (Å²) in [5.41, 5.74) is 4.91. The fraction of sp³-hybridized carbons (Fsp3) is 0.524. The Balaban J connectivity index is 2.04. The summed E-state index contributed by atoms with van der Waals surface area (Å²) in [4.78, 5) is 0. The van der Waals surface area contributed by atoms with Crippen molar-refractivity contribution in [2.24, 2.45) is 17.3 Å². The maximum atomic E-state index is 2.49. The molecule has 0 heteroatoms. The van der Waals surface area contributed by atoms with Crippen molar-refractivity contribution in [1.29, 1.82) is 0 Å². The smallest absolute Gasteiger partial charge is 0.00463 e. The molecule has 0 bridgehead atoms. The van der Waals surface area contributed by atoms with Crippen molar-refractivity contribution in [3.8, 4) is 0 Å². The van der Waals surface area contributed by atoms with Crippen molar-refractivity contribution in [1.82, 2.24) is 0 Å². The maximum Gasteiger partial charge on any atom is -0.00463 e. The third-order valence-corrected chi connectivity index (χ3v) is 6.15. The Labute approximate surface area is 130 Å². The van der Waals surface area contributed by atoms with E-state index in [2.05, 4.69) is 70.2 Å². The standard InChI is InChI=1S/C21H28/c1-5-9-20-19(18-12-8-10-15(2)16(18)3)14-17-11-6-7-13-21(17,20)4/h6-8,10-13,17,19-20H,5,9,14H2,1-4H3. The average molecular weight is 280 g/mol. The summed E-state index contributed by atoms with van der Waals surface area (Å²) in [7, 11) is 0. The van der Waals surface area contributed by atoms with E-state index in [1.807, 2.05) is 0 Å². The zero-order valence-electron chi connectivity index (χ0n) is 13.9. The summed E-state index contributed by atoms with van der Waals surface area (Å²) in [5, 5.41) is 0. The molecule has 1 aromatic carbocycles. The van der Waals surface area contributed by atoms with Crippen molar-refractivity contribution < 1.29 is 0 Å². The SMILES string of the molecule is CCCC1C(c2cccc(C)c2C)CC2C=CC=CC21C. The largest absolute Gasteiger partial charge is 0.0805 e. The van der Waals surface area contributed by atoms with Gasteiger partial charge in [0.1, 0.15) is 0 Å². The molecular formula is C21H28. The Kier molecular flexibility index (Phi) is 3.82. The van der Waals surface area contributed by atoms with Crippen LogP contribution >= 0.6 is 0 Å². The first-order valence-corrected chi connectivity index (χ1v) is 8.50. The minimum Gasteiger partial charge on any atom is -0.0805 e. The number of hydrogen-bond acceptors (Lipinski definition) is 0. The molecule has 1 aromatic rings. The number of hydrogen-bond donors (Lipinski definition) is 0. The fourth-order valence-corrected chi connectivity index (χ4v) is 4.74. The van der Waals surface area contributed by atoms with Gasteiger partial charge in [0, 0.05) is 0 Å². The summed E-state index contributed by atoms with van der Waals surface area (Å²) in [6.45, 7) is 9.38. The van der Waals surface area contributed by atoms with Gasteiger partial charge in [-0.05, 0) is 66.5 Å². The lowest BCUT2D eigenvalue weighted by molar-refractivity contribution is 0.234. The fourth-order valence-electron chi connectivity index (χ4n) is 4.74. The molecule has 0 N–H and O–H groups in total. The maximum absolute atomic E-state index is 2.49. The monoisotopic (exact) mass is 280 g/mol. The Morgan fingerprint density at radius 2 is 2.00 bits per heavy atom. The second-order valence-electron chi connectivity index (χ2n) is 7.24. The predicted octanol–water partition coefficient (Wildman–Crippen LogP) is 5.96. The van der Waals surface area contributed by atoms with Crippen LogP contribution in [0.4, 0.5) is 0 Å². The lowest BCUT2D eigenvalue weighted by Gasteiger charge is -2.36. The summed E-state index contributed by atoms with van der Waals surface area (Å²) in [5.74, 6) is 2.20. The van der Waals surface area contributed by atoms with Gasteiger partial charge in [0.15, 0.2) is 0 Å². The predicted molar refractivity (Wildman–Crippen MR) is 91.5 cm³/mol. The highest BCUT2D eigenvalue weighted by atomic mass is 14.5. The normalized spacial score (nSPS) is 34.2. The van der Waals surface area contributed by atoms with Crippen LogP contribution in [0.5, 0.6) is 0 Å². The van der Waals surface area contributed by atoms with Crippen LogP contribution in [0.25, 0.3) is 0 Å². The summed E-state index contributed by atoms with van der Waals surface area (Å²) in [6, 6.07) is 6.87. The highest BCUT2D eigenvalue weighted by Crippen LogP contribution is 2.59. The van der Waals surface area contributed by atoms with E-state index in [4.69, 9.17) is 0 Å². The van der Waals surface area contributed by atoms with Crippen LogP contribution in [0.2, 0.25) is 0 Å². The minimum absolute atomic E-state index is 0.353. The van der Waals surface area contributed by atoms with Crippen LogP contribution < -0.4 is 0 Å². The first-order valence-electron chi connectivity index (χ1n) is 8.50. The Hall–Kier alpha value is -1.30. The van der Waals surface area contributed by atoms with E-state index in [1.165, 1.54) is 30.4 Å². The van der Waals surface area contributed by atoms with Crippen molar-refractivity contribution in [2.75, 3.05) is 0 Å². The number of benzene rings is 1. The van der Waals surface area contributed by atoms with Crippen molar-refractivity contribution >= 4 is 0 Å². The number of aryl methyl sites for hydroxylation is 1. The zero-order chi connectivity index (χ0) is 15.0. The van der Waals surface area contributed by atoms with Gasteiger partial charge in [-0.25, -0.2) is 0 Å². The third-order valence-electron chi connectivity index (χ3n) is 6.15. The van der Waals surface area contributed by atoms with Gasteiger partial charge in [0.05, 0.1) is 0 Å². The molecular weight excluding hydrogens is 252 g/mol. The number of fused-ring (bicyclic) bond motifs is 1.